The number of H-pyrrole nitrogens is 1. The number of aromatic nitrogens is 2. The molecule has 0 spiro atoms. The Kier molecular flexibility index (Phi) is 5.90. The molecule has 4 rings (SSSR count). The Balaban J connectivity index is 1.27. The maximum Gasteiger partial charge on any atom is 0.317 e. The van der Waals surface area contributed by atoms with E-state index in [9.17, 15) is 4.79 Å². The van der Waals surface area contributed by atoms with Crippen molar-refractivity contribution in [2.45, 2.75) is 51.6 Å². The van der Waals surface area contributed by atoms with E-state index < -0.39 is 0 Å². The van der Waals surface area contributed by atoms with Gasteiger partial charge in [-0.05, 0) is 36.3 Å². The highest BCUT2D eigenvalue weighted by atomic mass is 16.2. The normalized spacial score (nSPS) is 23.1. The van der Waals surface area contributed by atoms with Crippen molar-refractivity contribution >= 4 is 6.03 Å². The number of nitrogens with zero attached hydrogens (tertiary/aromatic N) is 3. The van der Waals surface area contributed by atoms with Crippen molar-refractivity contribution in [2.75, 3.05) is 26.2 Å². The molecule has 2 fully saturated rings. The fourth-order valence-electron chi connectivity index (χ4n) is 4.84. The van der Waals surface area contributed by atoms with Crippen LogP contribution in [-0.4, -0.2) is 58.2 Å². The van der Waals surface area contributed by atoms with Crippen molar-refractivity contribution in [3.8, 4) is 0 Å². The minimum Gasteiger partial charge on any atom is -0.335 e. The predicted molar refractivity (Wildman–Crippen MR) is 115 cm³/mol. The number of piperidine rings is 2. The minimum absolute atomic E-state index is 0.0525. The third kappa shape index (κ3) is 4.81. The average molecular weight is 396 g/mol. The first-order valence-corrected chi connectivity index (χ1v) is 10.8. The second-order valence-corrected chi connectivity index (χ2v) is 9.25. The van der Waals surface area contributed by atoms with E-state index in [2.05, 4.69) is 64.6 Å². The van der Waals surface area contributed by atoms with E-state index in [4.69, 9.17) is 0 Å². The molecule has 0 aliphatic carbocycles. The molecule has 2 amide bonds. The Morgan fingerprint density at radius 1 is 1.14 bits per heavy atom. The Morgan fingerprint density at radius 3 is 2.55 bits per heavy atom. The lowest BCUT2D eigenvalue weighted by Crippen LogP contribution is -2.58. The van der Waals surface area contributed by atoms with Crippen LogP contribution in [0.5, 0.6) is 0 Å². The second-order valence-electron chi connectivity index (χ2n) is 9.25. The summed E-state index contributed by atoms with van der Waals surface area (Å²) in [4.78, 5) is 17.4. The van der Waals surface area contributed by atoms with Gasteiger partial charge < -0.3 is 10.2 Å². The Morgan fingerprint density at radius 2 is 1.90 bits per heavy atom. The molecular formula is C23H33N5O. The highest BCUT2D eigenvalue weighted by Gasteiger charge is 2.37. The van der Waals surface area contributed by atoms with Gasteiger partial charge >= 0.3 is 6.03 Å². The van der Waals surface area contributed by atoms with Crippen LogP contribution in [0.25, 0.3) is 0 Å². The molecule has 6 heteroatoms. The number of hydrogen-bond donors (Lipinski definition) is 2. The molecule has 2 aromatic rings. The number of amides is 2. The SMILES string of the molecule is CC1(C)CN(Cc2ccccc2)CCC1NC(=O)N1CCC(c2ccn[nH]2)CC1. The lowest BCUT2D eigenvalue weighted by atomic mass is 9.79. The topological polar surface area (TPSA) is 64.3 Å². The smallest absolute Gasteiger partial charge is 0.317 e. The highest BCUT2D eigenvalue weighted by Crippen LogP contribution is 2.31. The molecule has 2 N–H and O–H groups in total. The van der Waals surface area contributed by atoms with Crippen LogP contribution >= 0.6 is 0 Å². The van der Waals surface area contributed by atoms with Crippen LogP contribution in [0.2, 0.25) is 0 Å². The summed E-state index contributed by atoms with van der Waals surface area (Å²) in [7, 11) is 0. The summed E-state index contributed by atoms with van der Waals surface area (Å²) in [6.07, 6.45) is 4.79. The first kappa shape index (κ1) is 20.0. The monoisotopic (exact) mass is 395 g/mol. The van der Waals surface area contributed by atoms with Crippen molar-refractivity contribution in [2.24, 2.45) is 5.41 Å². The predicted octanol–water partition coefficient (Wildman–Crippen LogP) is 3.60. The molecule has 156 valence electrons. The molecule has 1 aromatic carbocycles. The largest absolute Gasteiger partial charge is 0.335 e. The average Bonchev–Trinajstić information content (AvgIpc) is 3.25. The zero-order valence-corrected chi connectivity index (χ0v) is 17.6. The third-order valence-electron chi connectivity index (χ3n) is 6.60. The van der Waals surface area contributed by atoms with Crippen molar-refractivity contribution in [1.29, 1.82) is 0 Å². The number of carbonyl (C=O) groups is 1. The van der Waals surface area contributed by atoms with Gasteiger partial charge in [0, 0.05) is 56.6 Å². The van der Waals surface area contributed by atoms with Crippen molar-refractivity contribution in [1.82, 2.24) is 25.3 Å². The van der Waals surface area contributed by atoms with Gasteiger partial charge in [0.2, 0.25) is 0 Å². The summed E-state index contributed by atoms with van der Waals surface area (Å²) in [5, 5.41) is 10.5. The van der Waals surface area contributed by atoms with E-state index in [0.717, 1.165) is 52.0 Å². The molecule has 2 aliphatic rings. The van der Waals surface area contributed by atoms with E-state index in [0.29, 0.717) is 5.92 Å². The minimum atomic E-state index is 0.0525. The first-order chi connectivity index (χ1) is 14.0. The van der Waals surface area contributed by atoms with Crippen LogP contribution in [0.1, 0.15) is 50.3 Å². The van der Waals surface area contributed by atoms with Crippen molar-refractivity contribution in [3.05, 3.63) is 53.9 Å². The molecule has 2 aliphatic heterocycles. The number of urea groups is 1. The maximum absolute atomic E-state index is 12.9. The maximum atomic E-state index is 12.9. The summed E-state index contributed by atoms with van der Waals surface area (Å²) in [5.74, 6) is 0.485. The van der Waals surface area contributed by atoms with Gasteiger partial charge in [-0.25, -0.2) is 4.79 Å². The van der Waals surface area contributed by atoms with Gasteiger partial charge in [-0.2, -0.15) is 5.10 Å². The molecule has 2 saturated heterocycles. The van der Waals surface area contributed by atoms with Crippen molar-refractivity contribution in [3.63, 3.8) is 0 Å². The molecule has 1 unspecified atom stereocenters. The van der Waals surface area contributed by atoms with Crippen LogP contribution in [0.4, 0.5) is 4.79 Å². The number of likely N-dealkylation sites (tertiary alicyclic amines) is 2. The Hall–Kier alpha value is -2.34. The lowest BCUT2D eigenvalue weighted by Gasteiger charge is -2.45. The molecular weight excluding hydrogens is 362 g/mol. The van der Waals surface area contributed by atoms with Crippen LogP contribution in [0.3, 0.4) is 0 Å². The second kappa shape index (κ2) is 8.57. The number of carbonyl (C=O) groups excluding carboxylic acids is 1. The van der Waals surface area contributed by atoms with Crippen LogP contribution in [0, 0.1) is 5.41 Å². The van der Waals surface area contributed by atoms with Crippen molar-refractivity contribution < 1.29 is 4.79 Å². The molecule has 3 heterocycles. The summed E-state index contributed by atoms with van der Waals surface area (Å²) in [6.45, 7) is 9.16. The zero-order chi connectivity index (χ0) is 20.3. The van der Waals surface area contributed by atoms with Gasteiger partial charge in [-0.1, -0.05) is 44.2 Å². The Bertz CT molecular complexity index is 781. The molecule has 0 saturated carbocycles. The Labute approximate surface area is 173 Å². The summed E-state index contributed by atoms with van der Waals surface area (Å²) in [5.41, 5.74) is 2.60. The lowest BCUT2D eigenvalue weighted by molar-refractivity contribution is 0.0718. The number of hydrogen-bond acceptors (Lipinski definition) is 3. The van der Waals surface area contributed by atoms with Gasteiger partial charge in [0.15, 0.2) is 0 Å². The van der Waals surface area contributed by atoms with E-state index in [1.165, 1.54) is 11.3 Å². The number of rotatable bonds is 4. The van der Waals surface area contributed by atoms with E-state index in [-0.39, 0.29) is 17.5 Å². The standard InChI is InChI=1S/C23H33N5O/c1-23(2)17-27(16-18-6-4-3-5-7-18)13-11-21(23)25-22(29)28-14-9-19(10-15-28)20-8-12-24-26-20/h3-8,12,19,21H,9-11,13-17H2,1-2H3,(H,24,26)(H,25,29). The summed E-state index contributed by atoms with van der Waals surface area (Å²) < 4.78 is 0. The molecule has 29 heavy (non-hydrogen) atoms. The fraction of sp³-hybridized carbons (Fsp3) is 0.565. The van der Waals surface area contributed by atoms with Gasteiger partial charge in [0.05, 0.1) is 0 Å². The van der Waals surface area contributed by atoms with Gasteiger partial charge in [0.25, 0.3) is 0 Å². The van der Waals surface area contributed by atoms with Crippen LogP contribution in [-0.2, 0) is 6.54 Å². The van der Waals surface area contributed by atoms with E-state index >= 15 is 0 Å². The highest BCUT2D eigenvalue weighted by molar-refractivity contribution is 5.74. The number of aromatic amines is 1. The zero-order valence-electron chi connectivity index (χ0n) is 17.6. The van der Waals surface area contributed by atoms with E-state index in [1.54, 1.807) is 6.20 Å². The molecule has 1 atom stereocenters. The third-order valence-corrected chi connectivity index (χ3v) is 6.60. The fourth-order valence-corrected chi connectivity index (χ4v) is 4.84. The van der Waals surface area contributed by atoms with Gasteiger partial charge in [0.1, 0.15) is 0 Å². The summed E-state index contributed by atoms with van der Waals surface area (Å²) in [6, 6.07) is 13.0. The van der Waals surface area contributed by atoms with Crippen LogP contribution < -0.4 is 5.32 Å². The van der Waals surface area contributed by atoms with Gasteiger partial charge in [-0.3, -0.25) is 10.00 Å². The quantitative estimate of drug-likeness (QED) is 0.831. The molecule has 1 aromatic heterocycles. The van der Waals surface area contributed by atoms with Gasteiger partial charge in [-0.15, -0.1) is 0 Å². The number of benzene rings is 1. The molecule has 0 radical (unpaired) electrons. The number of nitrogens with one attached hydrogen (secondary N) is 2. The molecule has 0 bridgehead atoms. The van der Waals surface area contributed by atoms with Crippen LogP contribution in [0.15, 0.2) is 42.6 Å². The van der Waals surface area contributed by atoms with E-state index in [1.807, 2.05) is 11.0 Å². The molecule has 6 nitrogen and oxygen atoms in total. The summed E-state index contributed by atoms with van der Waals surface area (Å²) >= 11 is 0. The first-order valence-electron chi connectivity index (χ1n) is 10.8.